The molecule has 0 radical (unpaired) electrons. The lowest BCUT2D eigenvalue weighted by atomic mass is 9.94. The van der Waals surface area contributed by atoms with Gasteiger partial charge in [0.05, 0.1) is 6.10 Å². The van der Waals surface area contributed by atoms with Gasteiger partial charge >= 0.3 is 0 Å². The standard InChI is InChI=1S/C17H28N2O/c1-12-5-6-15(9-14(12)3)16(18)10-19-8-7-13(2)17(11-19)20-4/h5-6,9,13,16-17H,7-8,10-11,18H2,1-4H3. The fraction of sp³-hybridized carbons (Fsp3) is 0.647. The van der Waals surface area contributed by atoms with Crippen molar-refractivity contribution in [3.05, 3.63) is 34.9 Å². The number of benzene rings is 1. The Morgan fingerprint density at radius 3 is 2.75 bits per heavy atom. The smallest absolute Gasteiger partial charge is 0.0724 e. The number of hydrogen-bond donors (Lipinski definition) is 1. The summed E-state index contributed by atoms with van der Waals surface area (Å²) in [6.45, 7) is 9.59. The van der Waals surface area contributed by atoms with Gasteiger partial charge in [0.2, 0.25) is 0 Å². The van der Waals surface area contributed by atoms with Crippen LogP contribution in [-0.4, -0.2) is 37.7 Å². The van der Waals surface area contributed by atoms with Crippen LogP contribution >= 0.6 is 0 Å². The predicted octanol–water partition coefficient (Wildman–Crippen LogP) is 2.66. The van der Waals surface area contributed by atoms with E-state index in [1.54, 1.807) is 0 Å². The van der Waals surface area contributed by atoms with E-state index in [1.165, 1.54) is 23.1 Å². The number of aryl methyl sites for hydroxylation is 2. The van der Waals surface area contributed by atoms with Gasteiger partial charge in [0.1, 0.15) is 0 Å². The topological polar surface area (TPSA) is 38.5 Å². The van der Waals surface area contributed by atoms with Crippen LogP contribution in [-0.2, 0) is 4.74 Å². The largest absolute Gasteiger partial charge is 0.380 e. The number of piperidine rings is 1. The van der Waals surface area contributed by atoms with E-state index in [4.69, 9.17) is 10.5 Å². The van der Waals surface area contributed by atoms with Crippen molar-refractivity contribution in [2.24, 2.45) is 11.7 Å². The summed E-state index contributed by atoms with van der Waals surface area (Å²) in [5.74, 6) is 0.647. The summed E-state index contributed by atoms with van der Waals surface area (Å²) >= 11 is 0. The summed E-state index contributed by atoms with van der Waals surface area (Å²) in [7, 11) is 1.81. The quantitative estimate of drug-likeness (QED) is 0.919. The van der Waals surface area contributed by atoms with Gasteiger partial charge in [-0.2, -0.15) is 0 Å². The summed E-state index contributed by atoms with van der Waals surface area (Å²) in [4.78, 5) is 2.44. The van der Waals surface area contributed by atoms with Crippen molar-refractivity contribution >= 4 is 0 Å². The molecule has 3 atom stereocenters. The Morgan fingerprint density at radius 2 is 2.10 bits per heavy atom. The van der Waals surface area contributed by atoms with Gasteiger partial charge in [0.25, 0.3) is 0 Å². The summed E-state index contributed by atoms with van der Waals surface area (Å²) in [6, 6.07) is 6.63. The van der Waals surface area contributed by atoms with Crippen LogP contribution in [0.4, 0.5) is 0 Å². The van der Waals surface area contributed by atoms with Crippen molar-refractivity contribution in [3.63, 3.8) is 0 Å². The zero-order valence-corrected chi connectivity index (χ0v) is 13.2. The number of ether oxygens (including phenoxy) is 1. The lowest BCUT2D eigenvalue weighted by Crippen LogP contribution is -2.46. The number of hydrogen-bond acceptors (Lipinski definition) is 3. The zero-order valence-electron chi connectivity index (χ0n) is 13.2. The molecule has 1 aromatic rings. The molecule has 3 heteroatoms. The third-order valence-electron chi connectivity index (χ3n) is 4.69. The molecule has 0 aliphatic carbocycles. The second-order valence-corrected chi connectivity index (χ2v) is 6.25. The Kier molecular flexibility index (Phi) is 5.19. The molecule has 1 aromatic carbocycles. The van der Waals surface area contributed by atoms with Crippen molar-refractivity contribution in [1.29, 1.82) is 0 Å². The molecule has 1 heterocycles. The highest BCUT2D eigenvalue weighted by Gasteiger charge is 2.26. The third kappa shape index (κ3) is 3.60. The van der Waals surface area contributed by atoms with Crippen molar-refractivity contribution in [2.45, 2.75) is 39.3 Å². The van der Waals surface area contributed by atoms with Crippen molar-refractivity contribution < 1.29 is 4.74 Å². The van der Waals surface area contributed by atoms with Crippen LogP contribution in [0.2, 0.25) is 0 Å². The van der Waals surface area contributed by atoms with E-state index in [2.05, 4.69) is 43.9 Å². The molecular weight excluding hydrogens is 248 g/mol. The third-order valence-corrected chi connectivity index (χ3v) is 4.69. The van der Waals surface area contributed by atoms with Crippen LogP contribution in [0.25, 0.3) is 0 Å². The minimum absolute atomic E-state index is 0.0835. The molecular formula is C17H28N2O. The first kappa shape index (κ1) is 15.5. The highest BCUT2D eigenvalue weighted by Crippen LogP contribution is 2.22. The number of rotatable bonds is 4. The van der Waals surface area contributed by atoms with Gasteiger partial charge in [-0.25, -0.2) is 0 Å². The number of nitrogens with two attached hydrogens (primary N) is 1. The van der Waals surface area contributed by atoms with Crippen LogP contribution in [0.3, 0.4) is 0 Å². The van der Waals surface area contributed by atoms with Gasteiger partial charge in [-0.05, 0) is 49.4 Å². The molecule has 1 aliphatic heterocycles. The van der Waals surface area contributed by atoms with Gasteiger partial charge in [0, 0.05) is 26.2 Å². The van der Waals surface area contributed by atoms with E-state index in [-0.39, 0.29) is 6.04 Å². The summed E-state index contributed by atoms with van der Waals surface area (Å²) < 4.78 is 5.57. The van der Waals surface area contributed by atoms with Gasteiger partial charge < -0.3 is 10.5 Å². The molecule has 2 N–H and O–H groups in total. The van der Waals surface area contributed by atoms with Crippen LogP contribution in [0.5, 0.6) is 0 Å². The van der Waals surface area contributed by atoms with Crippen molar-refractivity contribution in [3.8, 4) is 0 Å². The number of nitrogens with zero attached hydrogens (tertiary/aromatic N) is 1. The summed E-state index contributed by atoms with van der Waals surface area (Å²) in [5.41, 5.74) is 10.3. The van der Waals surface area contributed by atoms with Gasteiger partial charge in [-0.15, -0.1) is 0 Å². The first-order valence-electron chi connectivity index (χ1n) is 7.59. The molecule has 0 amide bonds. The van der Waals surface area contributed by atoms with Gasteiger partial charge in [0.15, 0.2) is 0 Å². The molecule has 3 nitrogen and oxygen atoms in total. The molecule has 3 unspecified atom stereocenters. The number of likely N-dealkylation sites (tertiary alicyclic amines) is 1. The Labute approximate surface area is 123 Å². The first-order chi connectivity index (χ1) is 9.51. The average Bonchev–Trinajstić information content (AvgIpc) is 2.43. The lowest BCUT2D eigenvalue weighted by molar-refractivity contribution is -0.00644. The maximum absolute atomic E-state index is 6.38. The van der Waals surface area contributed by atoms with E-state index >= 15 is 0 Å². The van der Waals surface area contributed by atoms with E-state index in [9.17, 15) is 0 Å². The Hall–Kier alpha value is -0.900. The molecule has 112 valence electrons. The Bertz CT molecular complexity index is 447. The van der Waals surface area contributed by atoms with Crippen LogP contribution in [0.1, 0.15) is 36.1 Å². The fourth-order valence-corrected chi connectivity index (χ4v) is 2.95. The van der Waals surface area contributed by atoms with Crippen LogP contribution in [0.15, 0.2) is 18.2 Å². The molecule has 2 rings (SSSR count). The van der Waals surface area contributed by atoms with Crippen LogP contribution < -0.4 is 5.73 Å². The SMILES string of the molecule is COC1CN(CC(N)c2ccc(C)c(C)c2)CCC1C. The van der Waals surface area contributed by atoms with E-state index in [0.29, 0.717) is 12.0 Å². The zero-order chi connectivity index (χ0) is 14.7. The van der Waals surface area contributed by atoms with Crippen molar-refractivity contribution in [1.82, 2.24) is 4.90 Å². The molecule has 0 spiro atoms. The van der Waals surface area contributed by atoms with Crippen LogP contribution in [0, 0.1) is 19.8 Å². The molecule has 1 saturated heterocycles. The molecule has 0 aromatic heterocycles. The maximum atomic E-state index is 6.38. The fourth-order valence-electron chi connectivity index (χ4n) is 2.95. The second kappa shape index (κ2) is 6.70. The molecule has 0 bridgehead atoms. The maximum Gasteiger partial charge on any atom is 0.0724 e. The Morgan fingerprint density at radius 1 is 1.35 bits per heavy atom. The normalized spacial score (nSPS) is 25.6. The molecule has 1 aliphatic rings. The molecule has 0 saturated carbocycles. The lowest BCUT2D eigenvalue weighted by Gasteiger charge is -2.37. The first-order valence-corrected chi connectivity index (χ1v) is 7.59. The number of methoxy groups -OCH3 is 1. The molecule has 20 heavy (non-hydrogen) atoms. The average molecular weight is 276 g/mol. The minimum Gasteiger partial charge on any atom is -0.380 e. The van der Waals surface area contributed by atoms with Crippen molar-refractivity contribution in [2.75, 3.05) is 26.7 Å². The van der Waals surface area contributed by atoms with E-state index in [1.807, 2.05) is 7.11 Å². The van der Waals surface area contributed by atoms with E-state index in [0.717, 1.165) is 19.6 Å². The highest BCUT2D eigenvalue weighted by atomic mass is 16.5. The van der Waals surface area contributed by atoms with Gasteiger partial charge in [-0.3, -0.25) is 4.90 Å². The summed E-state index contributed by atoms with van der Waals surface area (Å²) in [6.07, 6.45) is 1.54. The second-order valence-electron chi connectivity index (χ2n) is 6.25. The Balaban J connectivity index is 1.97. The highest BCUT2D eigenvalue weighted by molar-refractivity contribution is 5.31. The van der Waals surface area contributed by atoms with E-state index < -0.39 is 0 Å². The monoisotopic (exact) mass is 276 g/mol. The predicted molar refractivity (Wildman–Crippen MR) is 83.9 cm³/mol. The minimum atomic E-state index is 0.0835. The van der Waals surface area contributed by atoms with Gasteiger partial charge in [-0.1, -0.05) is 25.1 Å². The summed E-state index contributed by atoms with van der Waals surface area (Å²) in [5, 5.41) is 0. The molecule has 1 fully saturated rings.